The summed E-state index contributed by atoms with van der Waals surface area (Å²) in [6.45, 7) is 7.48. The maximum absolute atomic E-state index is 13.8. The van der Waals surface area contributed by atoms with Crippen molar-refractivity contribution in [1.29, 1.82) is 0 Å². The number of benzene rings is 2. The van der Waals surface area contributed by atoms with Crippen molar-refractivity contribution >= 4 is 40.1 Å². The predicted octanol–water partition coefficient (Wildman–Crippen LogP) is 4.35. The van der Waals surface area contributed by atoms with Crippen LogP contribution in [0.2, 0.25) is 0 Å². The van der Waals surface area contributed by atoms with Crippen LogP contribution in [0.25, 0.3) is 10.9 Å². The predicted molar refractivity (Wildman–Crippen MR) is 170 cm³/mol. The fourth-order valence-electron chi connectivity index (χ4n) is 5.68. The third-order valence-corrected chi connectivity index (χ3v) is 8.34. The highest BCUT2D eigenvalue weighted by atomic mass is 16.5. The molecule has 1 aliphatic heterocycles. The monoisotopic (exact) mass is 616 g/mol. The summed E-state index contributed by atoms with van der Waals surface area (Å²) in [7, 11) is 3.61. The van der Waals surface area contributed by atoms with Crippen molar-refractivity contribution in [1.82, 2.24) is 19.5 Å². The topological polar surface area (TPSA) is 142 Å². The fourth-order valence-corrected chi connectivity index (χ4v) is 5.68. The lowest BCUT2D eigenvalue weighted by atomic mass is 9.99. The number of aryl methyl sites for hydroxylation is 3. The molecule has 0 saturated carbocycles. The van der Waals surface area contributed by atoms with E-state index in [1.54, 1.807) is 50.9 Å². The molecule has 12 heteroatoms. The van der Waals surface area contributed by atoms with Crippen LogP contribution in [-0.4, -0.2) is 81.4 Å². The number of nitrogens with zero attached hydrogens (tertiary/aromatic N) is 4. The second-order valence-electron chi connectivity index (χ2n) is 11.9. The molecule has 0 radical (unpaired) electrons. The summed E-state index contributed by atoms with van der Waals surface area (Å²) in [5.74, 6) is 0.115. The molecule has 0 aliphatic carbocycles. The zero-order valence-corrected chi connectivity index (χ0v) is 26.5. The largest absolute Gasteiger partial charge is 0.487 e. The Morgan fingerprint density at radius 2 is 1.93 bits per heavy atom. The number of rotatable bonds is 8. The molecule has 0 bridgehead atoms. The maximum Gasteiger partial charge on any atom is 0.321 e. The van der Waals surface area contributed by atoms with E-state index in [4.69, 9.17) is 9.26 Å². The van der Waals surface area contributed by atoms with E-state index in [0.717, 1.165) is 16.5 Å². The summed E-state index contributed by atoms with van der Waals surface area (Å²) in [4.78, 5) is 43.1. The van der Waals surface area contributed by atoms with Gasteiger partial charge in [0, 0.05) is 49.3 Å². The minimum Gasteiger partial charge on any atom is -0.487 e. The van der Waals surface area contributed by atoms with E-state index in [2.05, 4.69) is 15.8 Å². The number of hydrogen-bond acceptors (Lipinski definition) is 7. The molecule has 45 heavy (non-hydrogen) atoms. The minimum atomic E-state index is -0.488. The van der Waals surface area contributed by atoms with Crippen LogP contribution in [0.1, 0.15) is 41.2 Å². The van der Waals surface area contributed by atoms with Crippen molar-refractivity contribution < 1.29 is 28.8 Å². The molecule has 1 aliphatic rings. The first kappa shape index (κ1) is 31.6. The van der Waals surface area contributed by atoms with Crippen molar-refractivity contribution in [2.45, 2.75) is 46.3 Å². The van der Waals surface area contributed by atoms with Crippen LogP contribution in [0.15, 0.2) is 53.2 Å². The third-order valence-electron chi connectivity index (χ3n) is 8.34. The summed E-state index contributed by atoms with van der Waals surface area (Å²) in [6.07, 6.45) is 1.62. The minimum absolute atomic E-state index is 0.165. The van der Waals surface area contributed by atoms with Gasteiger partial charge in [0.2, 0.25) is 5.91 Å². The number of urea groups is 1. The van der Waals surface area contributed by atoms with E-state index in [-0.39, 0.29) is 48.9 Å². The molecular formula is C33H40N6O6. The normalized spacial score (nSPS) is 17.2. The van der Waals surface area contributed by atoms with Crippen LogP contribution in [-0.2, 0) is 18.3 Å². The van der Waals surface area contributed by atoms with Crippen LogP contribution in [0, 0.1) is 19.8 Å². The number of likely N-dealkylation sites (N-methyl/N-ethyl adjacent to an activating group) is 1. The lowest BCUT2D eigenvalue weighted by Gasteiger charge is -2.38. The summed E-state index contributed by atoms with van der Waals surface area (Å²) in [6, 6.07) is 12.1. The van der Waals surface area contributed by atoms with E-state index >= 15 is 0 Å². The van der Waals surface area contributed by atoms with Crippen LogP contribution in [0.4, 0.5) is 16.2 Å². The Morgan fingerprint density at radius 3 is 2.64 bits per heavy atom. The summed E-state index contributed by atoms with van der Waals surface area (Å²) < 4.78 is 13.6. The van der Waals surface area contributed by atoms with E-state index in [0.29, 0.717) is 35.1 Å². The van der Waals surface area contributed by atoms with Gasteiger partial charge in [-0.3, -0.25) is 9.59 Å². The van der Waals surface area contributed by atoms with Crippen LogP contribution in [0.5, 0.6) is 5.75 Å². The van der Waals surface area contributed by atoms with E-state index in [1.807, 2.05) is 49.0 Å². The summed E-state index contributed by atoms with van der Waals surface area (Å²) >= 11 is 0. The van der Waals surface area contributed by atoms with Gasteiger partial charge >= 0.3 is 6.03 Å². The van der Waals surface area contributed by atoms with E-state index in [1.165, 1.54) is 4.90 Å². The van der Waals surface area contributed by atoms with Gasteiger partial charge in [-0.05, 0) is 50.6 Å². The Bertz CT molecular complexity index is 1710. The Kier molecular flexibility index (Phi) is 9.14. The van der Waals surface area contributed by atoms with E-state index in [9.17, 15) is 19.5 Å². The zero-order valence-electron chi connectivity index (χ0n) is 26.5. The molecule has 2 aromatic heterocycles. The first-order valence-electron chi connectivity index (χ1n) is 15.0. The standard InChI is InChI=1S/C33H40N6O6/c1-19-15-39(20(2)18-40)32(42)26-14-24(34-30(41)13-23-16-37(5)27-10-8-7-9-25(23)27)11-12-28(26)44-29(19)17-38(6)33(43)35-31-21(3)36-45-22(31)4/h7-12,14,16,19-20,29,40H,13,15,17-18H2,1-6H3,(H,34,41)(H,35,43)/t19-,20+,29+/m1/s1. The first-order valence-corrected chi connectivity index (χ1v) is 15.0. The quantitative estimate of drug-likeness (QED) is 0.267. The number of hydrogen-bond donors (Lipinski definition) is 3. The lowest BCUT2D eigenvalue weighted by molar-refractivity contribution is -0.115. The molecule has 4 amide bonds. The summed E-state index contributed by atoms with van der Waals surface area (Å²) in [5, 5.41) is 20.7. The van der Waals surface area contributed by atoms with Crippen LogP contribution < -0.4 is 15.4 Å². The van der Waals surface area contributed by atoms with Gasteiger partial charge in [-0.15, -0.1) is 0 Å². The van der Waals surface area contributed by atoms with Gasteiger partial charge in [-0.25, -0.2) is 4.79 Å². The molecule has 3 N–H and O–H groups in total. The number of ether oxygens (including phenoxy) is 1. The fraction of sp³-hybridized carbons (Fsp3) is 0.394. The number of aromatic nitrogens is 2. The molecule has 0 fully saturated rings. The Labute approximate surface area is 261 Å². The van der Waals surface area contributed by atoms with Gasteiger partial charge in [-0.2, -0.15) is 0 Å². The molecule has 5 rings (SSSR count). The molecule has 0 unspecified atom stereocenters. The van der Waals surface area contributed by atoms with Crippen molar-refractivity contribution in [3.63, 3.8) is 0 Å². The lowest BCUT2D eigenvalue weighted by Crippen LogP contribution is -2.50. The molecule has 3 atom stereocenters. The highest BCUT2D eigenvalue weighted by Gasteiger charge is 2.34. The highest BCUT2D eigenvalue weighted by Crippen LogP contribution is 2.31. The summed E-state index contributed by atoms with van der Waals surface area (Å²) in [5.41, 5.74) is 3.75. The van der Waals surface area contributed by atoms with Gasteiger partial charge in [0.15, 0.2) is 5.76 Å². The number of carbonyl (C=O) groups is 3. The number of amides is 4. The van der Waals surface area contributed by atoms with Crippen LogP contribution >= 0.6 is 0 Å². The second kappa shape index (κ2) is 13.0. The van der Waals surface area contributed by atoms with Crippen LogP contribution in [0.3, 0.4) is 0 Å². The number of nitrogens with one attached hydrogen (secondary N) is 2. The van der Waals surface area contributed by atoms with Crippen molar-refractivity contribution in [3.8, 4) is 5.75 Å². The van der Waals surface area contributed by atoms with Gasteiger partial charge in [0.25, 0.3) is 5.91 Å². The van der Waals surface area contributed by atoms with E-state index < -0.39 is 12.1 Å². The van der Waals surface area contributed by atoms with Crippen molar-refractivity contribution in [2.24, 2.45) is 13.0 Å². The molecule has 4 aromatic rings. The first-order chi connectivity index (χ1) is 21.5. The molecule has 3 heterocycles. The Hall–Kier alpha value is -4.84. The Morgan fingerprint density at radius 1 is 1.18 bits per heavy atom. The molecule has 2 aromatic carbocycles. The second-order valence-corrected chi connectivity index (χ2v) is 11.9. The number of carbonyl (C=O) groups excluding carboxylic acids is 3. The third kappa shape index (κ3) is 6.65. The van der Waals surface area contributed by atoms with Gasteiger partial charge in [0.1, 0.15) is 23.2 Å². The van der Waals surface area contributed by atoms with Gasteiger partial charge in [-0.1, -0.05) is 30.3 Å². The number of aliphatic hydroxyl groups excluding tert-OH is 1. The average Bonchev–Trinajstić information content (AvgIpc) is 3.51. The van der Waals surface area contributed by atoms with Crippen molar-refractivity contribution in [2.75, 3.05) is 37.4 Å². The van der Waals surface area contributed by atoms with Gasteiger partial charge in [0.05, 0.1) is 31.2 Å². The van der Waals surface area contributed by atoms with Gasteiger partial charge < -0.3 is 39.4 Å². The molecular weight excluding hydrogens is 576 g/mol. The number of fused-ring (bicyclic) bond motifs is 2. The van der Waals surface area contributed by atoms with Crippen molar-refractivity contribution in [3.05, 3.63) is 71.2 Å². The maximum atomic E-state index is 13.8. The zero-order chi connectivity index (χ0) is 32.4. The number of para-hydroxylation sites is 1. The molecule has 12 nitrogen and oxygen atoms in total. The number of aliphatic hydroxyl groups is 1. The number of anilines is 2. The molecule has 0 saturated heterocycles. The SMILES string of the molecule is Cc1noc(C)c1NC(=O)N(C)C[C@@H]1Oc2ccc(NC(=O)Cc3cn(C)c4ccccc34)cc2C(=O)N([C@@H](C)CO)C[C@H]1C. The average molecular weight is 617 g/mol. The highest BCUT2D eigenvalue weighted by molar-refractivity contribution is 6.01. The molecule has 238 valence electrons. The molecule has 0 spiro atoms. The Balaban J connectivity index is 1.37. The smallest absolute Gasteiger partial charge is 0.321 e.